The average Bonchev–Trinajstić information content (AvgIpc) is 2.97. The molecule has 2 aliphatic rings. The maximum Gasteiger partial charge on any atom is 0.289 e. The molecular formula is C10H16N2O2. The van der Waals surface area contributed by atoms with Crippen LogP contribution in [0.3, 0.4) is 0 Å². The third-order valence-corrected chi connectivity index (χ3v) is 2.76. The monoisotopic (exact) mass is 196 g/mol. The van der Waals surface area contributed by atoms with Crippen LogP contribution in [-0.4, -0.2) is 23.8 Å². The number of amides is 1. The van der Waals surface area contributed by atoms with E-state index in [2.05, 4.69) is 5.32 Å². The van der Waals surface area contributed by atoms with Crippen molar-refractivity contribution in [3.63, 3.8) is 0 Å². The maximum atomic E-state index is 11.4. The molecule has 4 heteroatoms. The summed E-state index contributed by atoms with van der Waals surface area (Å²) in [6.45, 7) is 0. The summed E-state index contributed by atoms with van der Waals surface area (Å²) in [5.74, 6) is -0.341. The number of rotatable bonds is 5. The van der Waals surface area contributed by atoms with Gasteiger partial charge in [-0.2, -0.15) is 0 Å². The van der Waals surface area contributed by atoms with E-state index in [0.717, 1.165) is 25.7 Å². The van der Waals surface area contributed by atoms with Gasteiger partial charge in [-0.3, -0.25) is 9.59 Å². The third-order valence-electron chi connectivity index (χ3n) is 2.76. The lowest BCUT2D eigenvalue weighted by atomic mass is 10.1. The van der Waals surface area contributed by atoms with Gasteiger partial charge in [0.25, 0.3) is 5.91 Å². The largest absolute Gasteiger partial charge is 0.347 e. The summed E-state index contributed by atoms with van der Waals surface area (Å²) in [6.07, 6.45) is 4.99. The summed E-state index contributed by atoms with van der Waals surface area (Å²) >= 11 is 0. The molecule has 1 atom stereocenters. The van der Waals surface area contributed by atoms with Gasteiger partial charge < -0.3 is 11.1 Å². The lowest BCUT2D eigenvalue weighted by Crippen LogP contribution is -2.43. The first-order valence-corrected chi connectivity index (χ1v) is 5.27. The second-order valence-electron chi connectivity index (χ2n) is 4.40. The predicted octanol–water partition coefficient (Wildman–Crippen LogP) is -0.0385. The molecule has 0 bridgehead atoms. The quantitative estimate of drug-likeness (QED) is 0.606. The number of carbonyl (C=O) groups excluding carboxylic acids is 2. The molecule has 2 aliphatic carbocycles. The summed E-state index contributed by atoms with van der Waals surface area (Å²) in [4.78, 5) is 22.7. The van der Waals surface area contributed by atoms with Gasteiger partial charge in [-0.25, -0.2) is 0 Å². The molecule has 2 saturated carbocycles. The Labute approximate surface area is 83.2 Å². The standard InChI is InChI=1S/C10H16N2O2/c11-8(5-6-1-2-6)9(13)10(14)12-7-3-4-7/h6-8H,1-5,11H2,(H,12,14)/t8-/m0/s1. The lowest BCUT2D eigenvalue weighted by Gasteiger charge is -2.09. The molecule has 4 nitrogen and oxygen atoms in total. The third kappa shape index (κ3) is 2.54. The Hall–Kier alpha value is -0.900. The summed E-state index contributed by atoms with van der Waals surface area (Å²) in [5.41, 5.74) is 5.64. The van der Waals surface area contributed by atoms with E-state index in [4.69, 9.17) is 5.73 Å². The molecule has 2 rings (SSSR count). The zero-order valence-electron chi connectivity index (χ0n) is 8.16. The molecule has 1 amide bonds. The van der Waals surface area contributed by atoms with Crippen molar-refractivity contribution in [1.29, 1.82) is 0 Å². The van der Waals surface area contributed by atoms with E-state index in [-0.39, 0.29) is 6.04 Å². The van der Waals surface area contributed by atoms with Gasteiger partial charge in [0, 0.05) is 6.04 Å². The van der Waals surface area contributed by atoms with Crippen LogP contribution in [0, 0.1) is 5.92 Å². The van der Waals surface area contributed by atoms with Gasteiger partial charge in [-0.1, -0.05) is 12.8 Å². The molecule has 0 aliphatic heterocycles. The topological polar surface area (TPSA) is 72.2 Å². The molecule has 0 heterocycles. The van der Waals surface area contributed by atoms with E-state index in [1.54, 1.807) is 0 Å². The van der Waals surface area contributed by atoms with Crippen molar-refractivity contribution in [3.05, 3.63) is 0 Å². The summed E-state index contributed by atoms with van der Waals surface area (Å²) in [5, 5.41) is 2.66. The van der Waals surface area contributed by atoms with Crippen LogP contribution in [0.1, 0.15) is 32.1 Å². The van der Waals surface area contributed by atoms with Gasteiger partial charge in [-0.15, -0.1) is 0 Å². The van der Waals surface area contributed by atoms with Crippen molar-refractivity contribution >= 4 is 11.7 Å². The fraction of sp³-hybridized carbons (Fsp3) is 0.800. The molecule has 0 saturated heterocycles. The summed E-state index contributed by atoms with van der Waals surface area (Å²) in [7, 11) is 0. The van der Waals surface area contributed by atoms with Crippen molar-refractivity contribution in [1.82, 2.24) is 5.32 Å². The van der Waals surface area contributed by atoms with Crippen LogP contribution < -0.4 is 11.1 Å². The molecule has 3 N–H and O–H groups in total. The molecule has 0 spiro atoms. The van der Waals surface area contributed by atoms with Crippen molar-refractivity contribution in [2.24, 2.45) is 11.7 Å². The van der Waals surface area contributed by atoms with Gasteiger partial charge in [0.2, 0.25) is 5.78 Å². The van der Waals surface area contributed by atoms with E-state index in [9.17, 15) is 9.59 Å². The van der Waals surface area contributed by atoms with Crippen LogP contribution >= 0.6 is 0 Å². The number of nitrogens with one attached hydrogen (secondary N) is 1. The normalized spacial score (nSPS) is 22.9. The molecule has 0 radical (unpaired) electrons. The highest BCUT2D eigenvalue weighted by molar-refractivity contribution is 6.38. The Morgan fingerprint density at radius 3 is 2.43 bits per heavy atom. The highest BCUT2D eigenvalue weighted by atomic mass is 16.2. The first-order chi connectivity index (χ1) is 6.66. The SMILES string of the molecule is N[C@@H](CC1CC1)C(=O)C(=O)NC1CC1. The molecule has 14 heavy (non-hydrogen) atoms. The van der Waals surface area contributed by atoms with Crippen molar-refractivity contribution < 1.29 is 9.59 Å². The molecule has 0 aromatic rings. The molecule has 78 valence electrons. The van der Waals surface area contributed by atoms with E-state index in [0.29, 0.717) is 12.3 Å². The Morgan fingerprint density at radius 2 is 1.93 bits per heavy atom. The molecule has 0 aromatic carbocycles. The lowest BCUT2D eigenvalue weighted by molar-refractivity contribution is -0.138. The number of ketones is 1. The van der Waals surface area contributed by atoms with Gasteiger partial charge >= 0.3 is 0 Å². The number of Topliss-reactive ketones (excluding diaryl/α,β-unsaturated/α-hetero) is 1. The van der Waals surface area contributed by atoms with Crippen LogP contribution in [0.15, 0.2) is 0 Å². The fourth-order valence-corrected chi connectivity index (χ4v) is 1.47. The van der Waals surface area contributed by atoms with Crippen molar-refractivity contribution in [2.45, 2.75) is 44.2 Å². The van der Waals surface area contributed by atoms with Crippen LogP contribution in [0.25, 0.3) is 0 Å². The van der Waals surface area contributed by atoms with Gasteiger partial charge in [0.1, 0.15) is 0 Å². The fourth-order valence-electron chi connectivity index (χ4n) is 1.47. The summed E-state index contributed by atoms with van der Waals surface area (Å²) in [6, 6.07) is -0.346. The zero-order valence-corrected chi connectivity index (χ0v) is 8.16. The van der Waals surface area contributed by atoms with E-state index >= 15 is 0 Å². The number of nitrogens with two attached hydrogens (primary N) is 1. The van der Waals surface area contributed by atoms with Crippen molar-refractivity contribution in [3.8, 4) is 0 Å². The second-order valence-corrected chi connectivity index (χ2v) is 4.40. The maximum absolute atomic E-state index is 11.4. The predicted molar refractivity (Wildman–Crippen MR) is 51.5 cm³/mol. The van der Waals surface area contributed by atoms with Crippen LogP contribution in [0.5, 0.6) is 0 Å². The zero-order chi connectivity index (χ0) is 10.1. The van der Waals surface area contributed by atoms with Gasteiger partial charge in [-0.05, 0) is 25.2 Å². The van der Waals surface area contributed by atoms with Crippen LogP contribution in [0.2, 0.25) is 0 Å². The minimum Gasteiger partial charge on any atom is -0.347 e. The second kappa shape index (κ2) is 3.69. The van der Waals surface area contributed by atoms with E-state index < -0.39 is 17.7 Å². The Bertz CT molecular complexity index is 257. The number of hydrogen-bond acceptors (Lipinski definition) is 3. The Balaban J connectivity index is 1.75. The van der Waals surface area contributed by atoms with E-state index in [1.165, 1.54) is 0 Å². The minimum absolute atomic E-state index is 0.236. The molecule has 0 aromatic heterocycles. The smallest absolute Gasteiger partial charge is 0.289 e. The first kappa shape index (κ1) is 9.65. The van der Waals surface area contributed by atoms with Crippen molar-refractivity contribution in [2.75, 3.05) is 0 Å². The molecule has 2 fully saturated rings. The highest BCUT2D eigenvalue weighted by Crippen LogP contribution is 2.33. The first-order valence-electron chi connectivity index (χ1n) is 5.27. The van der Waals surface area contributed by atoms with Gasteiger partial charge in [0.05, 0.1) is 6.04 Å². The summed E-state index contributed by atoms with van der Waals surface area (Å²) < 4.78 is 0. The average molecular weight is 196 g/mol. The van der Waals surface area contributed by atoms with E-state index in [1.807, 2.05) is 0 Å². The highest BCUT2D eigenvalue weighted by Gasteiger charge is 2.32. The number of carbonyl (C=O) groups is 2. The van der Waals surface area contributed by atoms with Crippen LogP contribution in [-0.2, 0) is 9.59 Å². The molecular weight excluding hydrogens is 180 g/mol. The Morgan fingerprint density at radius 1 is 1.29 bits per heavy atom. The van der Waals surface area contributed by atoms with Gasteiger partial charge in [0.15, 0.2) is 0 Å². The minimum atomic E-state index is -0.582. The number of hydrogen-bond donors (Lipinski definition) is 2. The van der Waals surface area contributed by atoms with Crippen LogP contribution in [0.4, 0.5) is 0 Å². The Kier molecular flexibility index (Phi) is 2.54. The molecule has 0 unspecified atom stereocenters.